The molecule has 1 aliphatic heterocycles. The molecule has 1 heterocycles. The number of piperazine rings is 1. The van der Waals surface area contributed by atoms with Crippen LogP contribution in [0.3, 0.4) is 0 Å². The number of hydrogen-bond donors (Lipinski definition) is 1. The molecule has 1 saturated heterocycles. The lowest BCUT2D eigenvalue weighted by molar-refractivity contribution is -0.144. The molecule has 1 N–H and O–H groups in total. The monoisotopic (exact) mass is 455 g/mol. The van der Waals surface area contributed by atoms with Crippen molar-refractivity contribution in [3.05, 3.63) is 35.4 Å². The van der Waals surface area contributed by atoms with Crippen LogP contribution in [0.15, 0.2) is 24.3 Å². The van der Waals surface area contributed by atoms with Crippen molar-refractivity contribution >= 4 is 17.7 Å². The van der Waals surface area contributed by atoms with E-state index < -0.39 is 6.04 Å². The van der Waals surface area contributed by atoms with Crippen LogP contribution in [0.2, 0.25) is 0 Å². The molecule has 182 valence electrons. The van der Waals surface area contributed by atoms with Gasteiger partial charge in [-0.25, -0.2) is 0 Å². The van der Waals surface area contributed by atoms with Gasteiger partial charge in [-0.2, -0.15) is 0 Å². The minimum atomic E-state index is -0.565. The van der Waals surface area contributed by atoms with E-state index >= 15 is 0 Å². The third kappa shape index (κ3) is 6.58. The lowest BCUT2D eigenvalue weighted by Gasteiger charge is -2.41. The van der Waals surface area contributed by atoms with Crippen molar-refractivity contribution in [2.75, 3.05) is 19.6 Å². The molecule has 1 aliphatic carbocycles. The summed E-state index contributed by atoms with van der Waals surface area (Å²) in [6.07, 6.45) is 7.36. The predicted molar refractivity (Wildman–Crippen MR) is 131 cm³/mol. The first kappa shape index (κ1) is 25.3. The van der Waals surface area contributed by atoms with Gasteiger partial charge in [0.15, 0.2) is 0 Å². The summed E-state index contributed by atoms with van der Waals surface area (Å²) in [7, 11) is 0. The van der Waals surface area contributed by atoms with E-state index in [0.717, 1.165) is 32.1 Å². The van der Waals surface area contributed by atoms with Crippen LogP contribution >= 0.6 is 0 Å². The van der Waals surface area contributed by atoms with Gasteiger partial charge in [0, 0.05) is 37.2 Å². The number of carbonyl (C=O) groups excluding carboxylic acids is 3. The fourth-order valence-electron chi connectivity index (χ4n) is 4.56. The maximum absolute atomic E-state index is 13.4. The highest BCUT2D eigenvalue weighted by Gasteiger charge is 2.39. The highest BCUT2D eigenvalue weighted by molar-refractivity contribution is 5.97. The molecule has 2 fully saturated rings. The highest BCUT2D eigenvalue weighted by Crippen LogP contribution is 2.32. The lowest BCUT2D eigenvalue weighted by Crippen LogP contribution is -2.60. The standard InChI is InChI=1S/C27H41N3O3/c1-5-7-8-9-21-10-12-22(13-11-21)25(31)28-24(19(3)6-2)27(33)29-16-17-30(20(4)18-29)26(32)23-14-15-23/h10-13,19-20,23-24H,5-9,14-18H2,1-4H3,(H,28,31). The average molecular weight is 456 g/mol. The number of carbonyl (C=O) groups is 3. The molecule has 0 spiro atoms. The Labute approximate surface area is 199 Å². The Kier molecular flexibility index (Phi) is 8.93. The van der Waals surface area contributed by atoms with Gasteiger partial charge >= 0.3 is 0 Å². The Morgan fingerprint density at radius 3 is 2.33 bits per heavy atom. The summed E-state index contributed by atoms with van der Waals surface area (Å²) in [6, 6.07) is 7.19. The number of rotatable bonds is 10. The van der Waals surface area contributed by atoms with Gasteiger partial charge in [0.25, 0.3) is 5.91 Å². The van der Waals surface area contributed by atoms with E-state index in [1.807, 2.05) is 54.8 Å². The van der Waals surface area contributed by atoms with Gasteiger partial charge < -0.3 is 15.1 Å². The summed E-state index contributed by atoms with van der Waals surface area (Å²) in [5.41, 5.74) is 1.82. The molecule has 3 rings (SSSR count). The van der Waals surface area contributed by atoms with E-state index in [9.17, 15) is 14.4 Å². The molecule has 33 heavy (non-hydrogen) atoms. The maximum Gasteiger partial charge on any atom is 0.251 e. The number of hydrogen-bond acceptors (Lipinski definition) is 3. The number of benzene rings is 1. The summed E-state index contributed by atoms with van der Waals surface area (Å²) >= 11 is 0. The molecule has 1 aromatic rings. The first-order valence-corrected chi connectivity index (χ1v) is 12.8. The molecule has 6 heteroatoms. The van der Waals surface area contributed by atoms with Crippen LogP contribution in [-0.2, 0) is 16.0 Å². The van der Waals surface area contributed by atoms with E-state index in [0.29, 0.717) is 25.2 Å². The van der Waals surface area contributed by atoms with Crippen LogP contribution in [-0.4, -0.2) is 59.2 Å². The van der Waals surface area contributed by atoms with Crippen LogP contribution in [0, 0.1) is 11.8 Å². The van der Waals surface area contributed by atoms with E-state index in [2.05, 4.69) is 12.2 Å². The van der Waals surface area contributed by atoms with Crippen molar-refractivity contribution in [1.82, 2.24) is 15.1 Å². The fourth-order valence-corrected chi connectivity index (χ4v) is 4.56. The maximum atomic E-state index is 13.4. The summed E-state index contributed by atoms with van der Waals surface area (Å²) in [5, 5.41) is 3.02. The fraction of sp³-hybridized carbons (Fsp3) is 0.667. The third-order valence-corrected chi connectivity index (χ3v) is 7.20. The van der Waals surface area contributed by atoms with Crippen molar-refractivity contribution in [3.63, 3.8) is 0 Å². The van der Waals surface area contributed by atoms with E-state index in [1.165, 1.54) is 18.4 Å². The van der Waals surface area contributed by atoms with Crippen molar-refractivity contribution in [3.8, 4) is 0 Å². The smallest absolute Gasteiger partial charge is 0.251 e. The Morgan fingerprint density at radius 2 is 1.76 bits per heavy atom. The minimum absolute atomic E-state index is 0.00402. The topological polar surface area (TPSA) is 69.7 Å². The Bertz CT molecular complexity index is 818. The van der Waals surface area contributed by atoms with Crippen LogP contribution in [0.5, 0.6) is 0 Å². The van der Waals surface area contributed by atoms with Crippen LogP contribution in [0.1, 0.15) is 82.1 Å². The molecule has 0 radical (unpaired) electrons. The molecule has 3 amide bonds. The average Bonchev–Trinajstić information content (AvgIpc) is 3.67. The van der Waals surface area contributed by atoms with Gasteiger partial charge in [-0.15, -0.1) is 0 Å². The Morgan fingerprint density at radius 1 is 1.06 bits per heavy atom. The normalized spacial score (nSPS) is 20.3. The Balaban J connectivity index is 1.61. The van der Waals surface area contributed by atoms with E-state index in [4.69, 9.17) is 0 Å². The SMILES string of the molecule is CCCCCc1ccc(C(=O)NC(C(=O)N2CCN(C(=O)C3CC3)C(C)C2)C(C)CC)cc1. The van der Waals surface area contributed by atoms with Gasteiger partial charge in [-0.05, 0) is 56.2 Å². The number of amides is 3. The van der Waals surface area contributed by atoms with Crippen LogP contribution in [0.25, 0.3) is 0 Å². The van der Waals surface area contributed by atoms with Crippen molar-refractivity contribution in [1.29, 1.82) is 0 Å². The van der Waals surface area contributed by atoms with Crippen LogP contribution in [0.4, 0.5) is 0 Å². The summed E-state index contributed by atoms with van der Waals surface area (Å²) in [5.74, 6) is 0.208. The molecule has 3 atom stereocenters. The molecular formula is C27H41N3O3. The van der Waals surface area contributed by atoms with Gasteiger partial charge in [0.2, 0.25) is 11.8 Å². The van der Waals surface area contributed by atoms with E-state index in [-0.39, 0.29) is 35.6 Å². The van der Waals surface area contributed by atoms with Gasteiger partial charge in [0.05, 0.1) is 0 Å². The zero-order chi connectivity index (χ0) is 24.0. The number of aryl methyl sites for hydroxylation is 1. The highest BCUT2D eigenvalue weighted by atomic mass is 16.2. The third-order valence-electron chi connectivity index (χ3n) is 7.20. The van der Waals surface area contributed by atoms with Crippen molar-refractivity contribution < 1.29 is 14.4 Å². The lowest BCUT2D eigenvalue weighted by atomic mass is 9.96. The molecule has 1 aromatic carbocycles. The Hall–Kier alpha value is -2.37. The largest absolute Gasteiger partial charge is 0.340 e. The molecule has 0 aromatic heterocycles. The first-order chi connectivity index (χ1) is 15.8. The van der Waals surface area contributed by atoms with Gasteiger partial charge in [-0.1, -0.05) is 52.2 Å². The van der Waals surface area contributed by atoms with E-state index in [1.54, 1.807) is 0 Å². The second-order valence-electron chi connectivity index (χ2n) is 9.93. The van der Waals surface area contributed by atoms with Crippen LogP contribution < -0.4 is 5.32 Å². The molecule has 3 unspecified atom stereocenters. The molecule has 6 nitrogen and oxygen atoms in total. The second-order valence-corrected chi connectivity index (χ2v) is 9.93. The second kappa shape index (κ2) is 11.7. The number of unbranched alkanes of at least 4 members (excludes halogenated alkanes) is 2. The molecule has 1 saturated carbocycles. The number of nitrogens with zero attached hydrogens (tertiary/aromatic N) is 2. The predicted octanol–water partition coefficient (Wildman–Crippen LogP) is 4.03. The zero-order valence-corrected chi connectivity index (χ0v) is 20.8. The first-order valence-electron chi connectivity index (χ1n) is 12.8. The molecule has 0 bridgehead atoms. The minimum Gasteiger partial charge on any atom is -0.340 e. The summed E-state index contributed by atoms with van der Waals surface area (Å²) in [6.45, 7) is 9.87. The van der Waals surface area contributed by atoms with Crippen molar-refractivity contribution in [2.45, 2.75) is 84.7 Å². The molecular weight excluding hydrogens is 414 g/mol. The molecule has 2 aliphatic rings. The zero-order valence-electron chi connectivity index (χ0n) is 20.8. The summed E-state index contributed by atoms with van der Waals surface area (Å²) in [4.78, 5) is 42.7. The summed E-state index contributed by atoms with van der Waals surface area (Å²) < 4.78 is 0. The van der Waals surface area contributed by atoms with Crippen molar-refractivity contribution in [2.24, 2.45) is 11.8 Å². The number of nitrogens with one attached hydrogen (secondary N) is 1. The van der Waals surface area contributed by atoms with Gasteiger partial charge in [-0.3, -0.25) is 14.4 Å². The van der Waals surface area contributed by atoms with Gasteiger partial charge in [0.1, 0.15) is 6.04 Å². The quantitative estimate of drug-likeness (QED) is 0.542.